The van der Waals surface area contributed by atoms with Crippen molar-refractivity contribution in [3.05, 3.63) is 47.9 Å². The second-order valence-corrected chi connectivity index (χ2v) is 8.94. The highest BCUT2D eigenvalue weighted by molar-refractivity contribution is 7.90. The van der Waals surface area contributed by atoms with Gasteiger partial charge in [-0.25, -0.2) is 26.3 Å². The molecule has 1 aromatic carbocycles. The van der Waals surface area contributed by atoms with Gasteiger partial charge in [0.05, 0.1) is 30.6 Å². The van der Waals surface area contributed by atoms with Crippen LogP contribution in [0.15, 0.2) is 45.9 Å². The molecule has 8 nitrogen and oxygen atoms in total. The maximum Gasteiger partial charge on any atom is 0.240 e. The molecule has 0 amide bonds. The zero-order valence-corrected chi connectivity index (χ0v) is 15.5. The van der Waals surface area contributed by atoms with Crippen LogP contribution in [0.4, 0.5) is 0 Å². The molecule has 0 aliphatic rings. The molecule has 0 spiro atoms. The van der Waals surface area contributed by atoms with Crippen LogP contribution in [0.25, 0.3) is 0 Å². The first-order valence-electron chi connectivity index (χ1n) is 7.37. The molecule has 0 atom stereocenters. The van der Waals surface area contributed by atoms with Gasteiger partial charge in [0.2, 0.25) is 20.0 Å². The summed E-state index contributed by atoms with van der Waals surface area (Å²) in [7, 11) is -5.95. The van der Waals surface area contributed by atoms with Crippen molar-refractivity contribution in [1.82, 2.24) is 9.44 Å². The third-order valence-corrected chi connectivity index (χ3v) is 6.17. The maximum absolute atomic E-state index is 12.2. The summed E-state index contributed by atoms with van der Waals surface area (Å²) in [4.78, 5) is 0.0479. The Kier molecular flexibility index (Phi) is 6.22. The van der Waals surface area contributed by atoms with E-state index in [0.717, 1.165) is 0 Å². The molecule has 0 saturated carbocycles. The maximum atomic E-state index is 12.2. The van der Waals surface area contributed by atoms with E-state index < -0.39 is 20.0 Å². The van der Waals surface area contributed by atoms with Gasteiger partial charge in [-0.05, 0) is 42.8 Å². The predicted molar refractivity (Wildman–Crippen MR) is 92.3 cm³/mol. The molecular weight excluding hydrogens is 368 g/mol. The van der Waals surface area contributed by atoms with E-state index in [-0.39, 0.29) is 23.7 Å². The molecule has 0 aliphatic carbocycles. The smallest absolute Gasteiger partial charge is 0.240 e. The van der Waals surface area contributed by atoms with Gasteiger partial charge < -0.3 is 9.15 Å². The zero-order valence-electron chi connectivity index (χ0n) is 13.9. The predicted octanol–water partition coefficient (Wildman–Crippen LogP) is 0.995. The summed E-state index contributed by atoms with van der Waals surface area (Å²) < 4.78 is 63.0. The fourth-order valence-electron chi connectivity index (χ4n) is 2.08. The Morgan fingerprint density at radius 2 is 1.88 bits per heavy atom. The van der Waals surface area contributed by atoms with Crippen molar-refractivity contribution in [2.75, 3.05) is 19.4 Å². The number of furan rings is 1. The first-order valence-corrected chi connectivity index (χ1v) is 10.5. The summed E-state index contributed by atoms with van der Waals surface area (Å²) in [6.45, 7) is 1.49. The third-order valence-electron chi connectivity index (χ3n) is 3.39. The number of hydrogen-bond acceptors (Lipinski definition) is 6. The minimum absolute atomic E-state index is 0.0136. The molecule has 0 bridgehead atoms. The molecule has 0 aliphatic heterocycles. The fraction of sp³-hybridized carbons (Fsp3) is 0.333. The van der Waals surface area contributed by atoms with Crippen molar-refractivity contribution < 1.29 is 26.0 Å². The average molecular weight is 388 g/mol. The SMILES string of the molecule is COc1ccc(S(=O)(=O)NCCS(=O)(=O)NCc2ccco2)cc1C. The van der Waals surface area contributed by atoms with Gasteiger partial charge >= 0.3 is 0 Å². The first-order chi connectivity index (χ1) is 11.7. The van der Waals surface area contributed by atoms with Crippen LogP contribution in [0.1, 0.15) is 11.3 Å². The highest BCUT2D eigenvalue weighted by atomic mass is 32.2. The van der Waals surface area contributed by atoms with E-state index in [1.807, 2.05) is 0 Å². The van der Waals surface area contributed by atoms with E-state index >= 15 is 0 Å². The van der Waals surface area contributed by atoms with Crippen LogP contribution in [0, 0.1) is 6.92 Å². The number of methoxy groups -OCH3 is 1. The molecule has 138 valence electrons. The number of nitrogens with one attached hydrogen (secondary N) is 2. The third kappa shape index (κ3) is 5.56. The lowest BCUT2D eigenvalue weighted by molar-refractivity contribution is 0.411. The monoisotopic (exact) mass is 388 g/mol. The van der Waals surface area contributed by atoms with Crippen LogP contribution < -0.4 is 14.2 Å². The van der Waals surface area contributed by atoms with Crippen molar-refractivity contribution in [1.29, 1.82) is 0 Å². The molecule has 0 unspecified atom stereocenters. The Balaban J connectivity index is 1.92. The zero-order chi connectivity index (χ0) is 18.5. The van der Waals surface area contributed by atoms with Gasteiger partial charge in [0.15, 0.2) is 0 Å². The molecule has 1 aromatic heterocycles. The van der Waals surface area contributed by atoms with Gasteiger partial charge in [-0.3, -0.25) is 0 Å². The van der Waals surface area contributed by atoms with Gasteiger partial charge in [0.25, 0.3) is 0 Å². The summed E-state index contributed by atoms with van der Waals surface area (Å²) in [5.74, 6) is 0.656. The molecule has 1 heterocycles. The lowest BCUT2D eigenvalue weighted by Gasteiger charge is -2.10. The lowest BCUT2D eigenvalue weighted by atomic mass is 10.2. The molecule has 0 saturated heterocycles. The van der Waals surface area contributed by atoms with Gasteiger partial charge in [0.1, 0.15) is 11.5 Å². The Hall–Kier alpha value is -1.88. The summed E-state index contributed by atoms with van der Waals surface area (Å²) in [5.41, 5.74) is 0.665. The molecule has 2 aromatic rings. The molecular formula is C15H20N2O6S2. The Morgan fingerprint density at radius 3 is 2.48 bits per heavy atom. The van der Waals surface area contributed by atoms with E-state index in [0.29, 0.717) is 17.1 Å². The molecule has 25 heavy (non-hydrogen) atoms. The minimum Gasteiger partial charge on any atom is -0.496 e. The Morgan fingerprint density at radius 1 is 1.12 bits per heavy atom. The average Bonchev–Trinajstić information content (AvgIpc) is 3.06. The number of benzene rings is 1. The van der Waals surface area contributed by atoms with Crippen LogP contribution in [-0.2, 0) is 26.6 Å². The summed E-state index contributed by atoms with van der Waals surface area (Å²) >= 11 is 0. The standard InChI is InChI=1S/C15H20N2O6S2/c1-12-10-14(5-6-15(12)22-2)25(20,21)16-7-9-24(18,19)17-11-13-4-3-8-23-13/h3-6,8,10,16-17H,7,9,11H2,1-2H3. The van der Waals surface area contributed by atoms with Crippen molar-refractivity contribution in [2.45, 2.75) is 18.4 Å². The summed E-state index contributed by atoms with van der Waals surface area (Å²) in [5, 5.41) is 0. The molecule has 10 heteroatoms. The fourth-order valence-corrected chi connectivity index (χ4v) is 4.20. The summed E-state index contributed by atoms with van der Waals surface area (Å²) in [6.07, 6.45) is 1.44. The van der Waals surface area contributed by atoms with Crippen LogP contribution in [0.2, 0.25) is 0 Å². The molecule has 0 fully saturated rings. The van der Waals surface area contributed by atoms with E-state index in [4.69, 9.17) is 9.15 Å². The number of sulfonamides is 2. The molecule has 2 N–H and O–H groups in total. The van der Waals surface area contributed by atoms with Crippen LogP contribution in [0.5, 0.6) is 5.75 Å². The lowest BCUT2D eigenvalue weighted by Crippen LogP contribution is -2.34. The van der Waals surface area contributed by atoms with E-state index in [9.17, 15) is 16.8 Å². The first kappa shape index (κ1) is 19.4. The molecule has 2 rings (SSSR count). The number of rotatable bonds is 9. The van der Waals surface area contributed by atoms with Crippen molar-refractivity contribution in [3.63, 3.8) is 0 Å². The van der Waals surface area contributed by atoms with Crippen LogP contribution in [0.3, 0.4) is 0 Å². The van der Waals surface area contributed by atoms with Crippen molar-refractivity contribution >= 4 is 20.0 Å². The van der Waals surface area contributed by atoms with Crippen molar-refractivity contribution in [2.24, 2.45) is 0 Å². The highest BCUT2D eigenvalue weighted by Crippen LogP contribution is 2.21. The second-order valence-electron chi connectivity index (χ2n) is 5.25. The van der Waals surface area contributed by atoms with Gasteiger partial charge in [-0.1, -0.05) is 0 Å². The highest BCUT2D eigenvalue weighted by Gasteiger charge is 2.17. The molecule has 0 radical (unpaired) electrons. The van der Waals surface area contributed by atoms with Crippen LogP contribution >= 0.6 is 0 Å². The van der Waals surface area contributed by atoms with E-state index in [1.54, 1.807) is 25.1 Å². The minimum atomic E-state index is -3.80. The summed E-state index contributed by atoms with van der Waals surface area (Å²) in [6, 6.07) is 7.69. The van der Waals surface area contributed by atoms with Gasteiger partial charge in [0, 0.05) is 6.54 Å². The largest absolute Gasteiger partial charge is 0.496 e. The van der Waals surface area contributed by atoms with Crippen molar-refractivity contribution in [3.8, 4) is 5.75 Å². The van der Waals surface area contributed by atoms with Gasteiger partial charge in [-0.15, -0.1) is 0 Å². The topological polar surface area (TPSA) is 115 Å². The number of ether oxygens (including phenoxy) is 1. The van der Waals surface area contributed by atoms with Gasteiger partial charge in [-0.2, -0.15) is 0 Å². The van der Waals surface area contributed by atoms with E-state index in [1.165, 1.54) is 25.5 Å². The second kappa shape index (κ2) is 8.00. The van der Waals surface area contributed by atoms with Crippen LogP contribution in [-0.4, -0.2) is 36.2 Å². The Labute approximate surface area is 147 Å². The quantitative estimate of drug-likeness (QED) is 0.662. The number of aryl methyl sites for hydroxylation is 1. The van der Waals surface area contributed by atoms with E-state index in [2.05, 4.69) is 9.44 Å². The number of hydrogen-bond donors (Lipinski definition) is 2. The Bertz CT molecular complexity index is 906. The normalized spacial score (nSPS) is 12.2.